The quantitative estimate of drug-likeness (QED) is 0.385. The van der Waals surface area contributed by atoms with E-state index in [-0.39, 0.29) is 17.7 Å². The SMILES string of the molecule is Cc1nc2c3ccccc3nc(SCC(=O)N3N=CC[C@H]3c3ccccc3)n2n1. The molecule has 1 aliphatic heterocycles. The predicted molar refractivity (Wildman–Crippen MR) is 113 cm³/mol. The molecule has 0 fully saturated rings. The zero-order valence-corrected chi connectivity index (χ0v) is 16.6. The number of fused-ring (bicyclic) bond motifs is 3. The molecular weight excluding hydrogens is 384 g/mol. The third-order valence-electron chi connectivity index (χ3n) is 4.85. The monoisotopic (exact) mass is 402 g/mol. The van der Waals surface area contributed by atoms with Crippen LogP contribution in [0.1, 0.15) is 23.9 Å². The Hall–Kier alpha value is -3.26. The molecule has 29 heavy (non-hydrogen) atoms. The number of amides is 1. The van der Waals surface area contributed by atoms with Crippen LogP contribution in [-0.2, 0) is 4.79 Å². The first kappa shape index (κ1) is 17.8. The molecule has 1 amide bonds. The Balaban J connectivity index is 1.41. The summed E-state index contributed by atoms with van der Waals surface area (Å²) in [5.74, 6) is 0.835. The second-order valence-electron chi connectivity index (χ2n) is 6.79. The maximum absolute atomic E-state index is 12.9. The highest BCUT2D eigenvalue weighted by molar-refractivity contribution is 7.99. The van der Waals surface area contributed by atoms with Crippen molar-refractivity contribution in [2.45, 2.75) is 24.5 Å². The van der Waals surface area contributed by atoms with Crippen molar-refractivity contribution in [2.24, 2.45) is 5.10 Å². The molecule has 0 saturated carbocycles. The number of carbonyl (C=O) groups is 1. The Morgan fingerprint density at radius 3 is 2.76 bits per heavy atom. The van der Waals surface area contributed by atoms with E-state index in [1.807, 2.05) is 61.5 Å². The van der Waals surface area contributed by atoms with Gasteiger partial charge in [-0.3, -0.25) is 4.79 Å². The molecule has 4 aromatic rings. The molecule has 0 N–H and O–H groups in total. The molecule has 1 atom stereocenters. The van der Waals surface area contributed by atoms with Gasteiger partial charge in [-0.25, -0.2) is 15.0 Å². The van der Waals surface area contributed by atoms with Crippen LogP contribution in [0, 0.1) is 6.92 Å². The number of hydrogen-bond acceptors (Lipinski definition) is 6. The summed E-state index contributed by atoms with van der Waals surface area (Å²) in [5.41, 5.74) is 2.68. The number of thioether (sulfide) groups is 1. The molecule has 1 aliphatic rings. The molecule has 2 aromatic carbocycles. The van der Waals surface area contributed by atoms with E-state index in [2.05, 4.69) is 15.2 Å². The van der Waals surface area contributed by atoms with Gasteiger partial charge in [-0.1, -0.05) is 54.2 Å². The van der Waals surface area contributed by atoms with Crippen molar-refractivity contribution >= 4 is 40.4 Å². The van der Waals surface area contributed by atoms with Crippen molar-refractivity contribution in [2.75, 3.05) is 5.75 Å². The average Bonchev–Trinajstić information content (AvgIpc) is 3.39. The van der Waals surface area contributed by atoms with E-state index in [4.69, 9.17) is 4.98 Å². The first-order valence-corrected chi connectivity index (χ1v) is 10.3. The summed E-state index contributed by atoms with van der Waals surface area (Å²) in [7, 11) is 0. The molecule has 0 unspecified atom stereocenters. The topological polar surface area (TPSA) is 75.8 Å². The van der Waals surface area contributed by atoms with Crippen LogP contribution in [-0.4, -0.2) is 42.5 Å². The second kappa shape index (κ2) is 7.29. The van der Waals surface area contributed by atoms with E-state index in [9.17, 15) is 4.79 Å². The largest absolute Gasteiger partial charge is 0.272 e. The zero-order chi connectivity index (χ0) is 19.8. The number of aromatic nitrogens is 4. The Kier molecular flexibility index (Phi) is 4.48. The number of rotatable bonds is 4. The highest BCUT2D eigenvalue weighted by Gasteiger charge is 2.28. The number of aryl methyl sites for hydroxylation is 1. The fourth-order valence-corrected chi connectivity index (χ4v) is 4.32. The molecule has 3 heterocycles. The zero-order valence-electron chi connectivity index (χ0n) is 15.8. The number of benzene rings is 2. The molecule has 2 aromatic heterocycles. The summed E-state index contributed by atoms with van der Waals surface area (Å²) in [6.45, 7) is 1.85. The summed E-state index contributed by atoms with van der Waals surface area (Å²) in [4.78, 5) is 22.2. The van der Waals surface area contributed by atoms with E-state index in [0.29, 0.717) is 11.0 Å². The summed E-state index contributed by atoms with van der Waals surface area (Å²) in [6, 6.07) is 17.8. The van der Waals surface area contributed by atoms with Crippen LogP contribution in [0.15, 0.2) is 64.9 Å². The van der Waals surface area contributed by atoms with Crippen LogP contribution in [0.2, 0.25) is 0 Å². The molecule has 0 aliphatic carbocycles. The van der Waals surface area contributed by atoms with Crippen molar-refractivity contribution in [1.29, 1.82) is 0 Å². The summed E-state index contributed by atoms with van der Waals surface area (Å²) in [5, 5.41) is 11.9. The smallest absolute Gasteiger partial charge is 0.253 e. The Bertz CT molecular complexity index is 1240. The number of nitrogens with zero attached hydrogens (tertiary/aromatic N) is 6. The molecule has 5 rings (SSSR count). The maximum atomic E-state index is 12.9. The van der Waals surface area contributed by atoms with Gasteiger partial charge in [-0.05, 0) is 24.6 Å². The van der Waals surface area contributed by atoms with E-state index < -0.39 is 0 Å². The van der Waals surface area contributed by atoms with Crippen LogP contribution in [0.5, 0.6) is 0 Å². The highest BCUT2D eigenvalue weighted by atomic mass is 32.2. The minimum Gasteiger partial charge on any atom is -0.272 e. The molecule has 8 heteroatoms. The van der Waals surface area contributed by atoms with E-state index in [0.717, 1.165) is 28.5 Å². The summed E-state index contributed by atoms with van der Waals surface area (Å²) in [6.07, 6.45) is 2.52. The summed E-state index contributed by atoms with van der Waals surface area (Å²) < 4.78 is 1.72. The first-order valence-electron chi connectivity index (χ1n) is 9.35. The second-order valence-corrected chi connectivity index (χ2v) is 7.74. The summed E-state index contributed by atoms with van der Waals surface area (Å²) >= 11 is 1.35. The van der Waals surface area contributed by atoms with Crippen molar-refractivity contribution in [3.8, 4) is 0 Å². The third kappa shape index (κ3) is 3.25. The van der Waals surface area contributed by atoms with Crippen LogP contribution >= 0.6 is 11.8 Å². The number of hydrogen-bond donors (Lipinski definition) is 0. The maximum Gasteiger partial charge on any atom is 0.253 e. The average molecular weight is 402 g/mol. The Labute approximate surface area is 171 Å². The molecular formula is C21H18N6OS. The van der Waals surface area contributed by atoms with Crippen molar-refractivity contribution in [3.05, 3.63) is 66.0 Å². The van der Waals surface area contributed by atoms with Gasteiger partial charge in [0.1, 0.15) is 5.82 Å². The van der Waals surface area contributed by atoms with Gasteiger partial charge in [-0.2, -0.15) is 9.62 Å². The minimum atomic E-state index is -0.0578. The third-order valence-corrected chi connectivity index (χ3v) is 5.76. The van der Waals surface area contributed by atoms with Gasteiger partial charge >= 0.3 is 0 Å². The van der Waals surface area contributed by atoms with Gasteiger partial charge in [0.25, 0.3) is 5.91 Å². The van der Waals surface area contributed by atoms with Gasteiger partial charge < -0.3 is 0 Å². The first-order chi connectivity index (χ1) is 14.2. The lowest BCUT2D eigenvalue weighted by Crippen LogP contribution is -2.28. The molecule has 7 nitrogen and oxygen atoms in total. The van der Waals surface area contributed by atoms with Crippen LogP contribution in [0.3, 0.4) is 0 Å². The standard InChI is InChI=1S/C21H18N6OS/c1-14-23-20-16-9-5-6-10-17(16)24-21(27(20)25-14)29-13-19(28)26-18(11-12-22-26)15-7-3-2-4-8-15/h2-10,12,18H,11,13H2,1H3/t18-/m0/s1. The van der Waals surface area contributed by atoms with Gasteiger partial charge in [0, 0.05) is 18.0 Å². The Morgan fingerprint density at radius 1 is 1.10 bits per heavy atom. The van der Waals surface area contributed by atoms with Crippen molar-refractivity contribution < 1.29 is 4.79 Å². The lowest BCUT2D eigenvalue weighted by Gasteiger charge is -2.22. The lowest BCUT2D eigenvalue weighted by molar-refractivity contribution is -0.130. The number of carbonyl (C=O) groups excluding carboxylic acids is 1. The number of hydrazone groups is 1. The molecule has 0 radical (unpaired) electrons. The fraction of sp³-hybridized carbons (Fsp3) is 0.190. The van der Waals surface area contributed by atoms with Crippen LogP contribution in [0.4, 0.5) is 0 Å². The number of para-hydroxylation sites is 1. The van der Waals surface area contributed by atoms with Gasteiger partial charge in [0.05, 0.1) is 17.3 Å². The van der Waals surface area contributed by atoms with Gasteiger partial charge in [0.15, 0.2) is 10.8 Å². The predicted octanol–water partition coefficient (Wildman–Crippen LogP) is 3.64. The highest BCUT2D eigenvalue weighted by Crippen LogP contribution is 2.30. The van der Waals surface area contributed by atoms with Gasteiger partial charge in [0.2, 0.25) is 0 Å². The van der Waals surface area contributed by atoms with E-state index in [1.165, 1.54) is 11.8 Å². The van der Waals surface area contributed by atoms with Gasteiger partial charge in [-0.15, -0.1) is 5.10 Å². The molecule has 144 valence electrons. The lowest BCUT2D eigenvalue weighted by atomic mass is 10.0. The molecule has 0 spiro atoms. The van der Waals surface area contributed by atoms with E-state index >= 15 is 0 Å². The van der Waals surface area contributed by atoms with Crippen molar-refractivity contribution in [1.82, 2.24) is 24.6 Å². The van der Waals surface area contributed by atoms with Crippen molar-refractivity contribution in [3.63, 3.8) is 0 Å². The van der Waals surface area contributed by atoms with Crippen LogP contribution in [0.25, 0.3) is 16.6 Å². The van der Waals surface area contributed by atoms with E-state index in [1.54, 1.807) is 15.7 Å². The fourth-order valence-electron chi connectivity index (χ4n) is 3.53. The Morgan fingerprint density at radius 2 is 1.90 bits per heavy atom. The molecule has 0 saturated heterocycles. The normalized spacial score (nSPS) is 16.2. The minimum absolute atomic E-state index is 0.0532. The molecule has 0 bridgehead atoms. The van der Waals surface area contributed by atoms with Crippen LogP contribution < -0.4 is 0 Å².